The van der Waals surface area contributed by atoms with Crippen molar-refractivity contribution in [2.45, 2.75) is 38.6 Å². The van der Waals surface area contributed by atoms with Crippen molar-refractivity contribution < 1.29 is 4.79 Å². The minimum atomic E-state index is -0.00919. The Morgan fingerprint density at radius 2 is 1.96 bits per heavy atom. The Labute approximate surface area is 154 Å². The van der Waals surface area contributed by atoms with Crippen LogP contribution in [0.4, 0.5) is 0 Å². The maximum absolute atomic E-state index is 13.1. The van der Waals surface area contributed by atoms with Gasteiger partial charge in [0, 0.05) is 37.3 Å². The number of rotatable bonds is 3. The van der Waals surface area contributed by atoms with E-state index in [1.54, 1.807) is 12.4 Å². The summed E-state index contributed by atoms with van der Waals surface area (Å²) in [7, 11) is 4.13. The topological polar surface area (TPSA) is 70.1 Å². The number of H-pyrrole nitrogens is 1. The number of hydrogen-bond acceptors (Lipinski definition) is 4. The molecule has 1 amide bonds. The van der Waals surface area contributed by atoms with E-state index in [9.17, 15) is 4.79 Å². The number of carbonyl (C=O) groups is 1. The van der Waals surface area contributed by atoms with E-state index in [4.69, 9.17) is 0 Å². The van der Waals surface area contributed by atoms with Crippen LogP contribution in [-0.2, 0) is 7.05 Å². The lowest BCUT2D eigenvalue weighted by atomic mass is 9.74. The van der Waals surface area contributed by atoms with Crippen LogP contribution >= 0.6 is 0 Å². The van der Waals surface area contributed by atoms with Crippen molar-refractivity contribution in [1.29, 1.82) is 0 Å². The first kappa shape index (κ1) is 17.3. The number of carbonyl (C=O) groups excluding carboxylic acids is 1. The Morgan fingerprint density at radius 3 is 2.58 bits per heavy atom. The van der Waals surface area contributed by atoms with Gasteiger partial charge in [-0.15, -0.1) is 0 Å². The van der Waals surface area contributed by atoms with Gasteiger partial charge in [-0.2, -0.15) is 0 Å². The van der Waals surface area contributed by atoms with Crippen molar-refractivity contribution >= 4 is 5.91 Å². The van der Waals surface area contributed by atoms with Crippen LogP contribution in [0.5, 0.6) is 0 Å². The number of hydrogen-bond donors (Lipinski definition) is 1. The van der Waals surface area contributed by atoms with Crippen LogP contribution in [-0.4, -0.2) is 61.9 Å². The summed E-state index contributed by atoms with van der Waals surface area (Å²) in [6.07, 6.45) is 7.60. The average molecular weight is 356 g/mol. The van der Waals surface area contributed by atoms with Gasteiger partial charge < -0.3 is 19.4 Å². The van der Waals surface area contributed by atoms with E-state index in [2.05, 4.69) is 40.7 Å². The number of nitrogens with zero attached hydrogens (tertiary/aromatic N) is 5. The van der Waals surface area contributed by atoms with Crippen molar-refractivity contribution in [3.8, 4) is 0 Å². The number of imidazole rings is 2. The lowest BCUT2D eigenvalue weighted by Gasteiger charge is -2.53. The maximum Gasteiger partial charge on any atom is 0.272 e. The number of aromatic amines is 1. The van der Waals surface area contributed by atoms with Crippen molar-refractivity contribution in [1.82, 2.24) is 29.3 Å². The minimum absolute atomic E-state index is 0.00919. The molecule has 0 radical (unpaired) electrons. The van der Waals surface area contributed by atoms with Crippen molar-refractivity contribution in [3.05, 3.63) is 35.9 Å². The summed E-state index contributed by atoms with van der Waals surface area (Å²) >= 11 is 0. The maximum atomic E-state index is 13.1. The molecule has 4 rings (SSSR count). The molecule has 140 valence electrons. The Bertz CT molecular complexity index is 799. The van der Waals surface area contributed by atoms with E-state index in [0.717, 1.165) is 44.1 Å². The molecule has 0 saturated carbocycles. The highest BCUT2D eigenvalue weighted by molar-refractivity contribution is 5.93. The van der Waals surface area contributed by atoms with Crippen LogP contribution in [0.15, 0.2) is 18.6 Å². The van der Waals surface area contributed by atoms with Crippen LogP contribution in [0.3, 0.4) is 0 Å². The van der Waals surface area contributed by atoms with Crippen LogP contribution in [0.2, 0.25) is 0 Å². The van der Waals surface area contributed by atoms with E-state index in [1.807, 2.05) is 22.7 Å². The molecule has 7 heteroatoms. The molecule has 2 aliphatic rings. The van der Waals surface area contributed by atoms with Crippen molar-refractivity contribution in [3.63, 3.8) is 0 Å². The Balaban J connectivity index is 1.52. The second kappa shape index (κ2) is 6.23. The van der Waals surface area contributed by atoms with Crippen LogP contribution < -0.4 is 0 Å². The highest BCUT2D eigenvalue weighted by Gasteiger charge is 2.51. The molecule has 7 nitrogen and oxygen atoms in total. The third-order valence-electron chi connectivity index (χ3n) is 5.92. The lowest BCUT2D eigenvalue weighted by Crippen LogP contribution is -2.58. The second-order valence-electron chi connectivity index (χ2n) is 8.48. The van der Waals surface area contributed by atoms with Gasteiger partial charge >= 0.3 is 0 Å². The molecule has 2 aromatic heterocycles. The summed E-state index contributed by atoms with van der Waals surface area (Å²) < 4.78 is 2.00. The summed E-state index contributed by atoms with van der Waals surface area (Å²) in [6, 6.07) is -0.00919. The fourth-order valence-electron chi connectivity index (χ4n) is 4.33. The standard InChI is InChI=1S/C19H28N6O/c1-19(2)12-25(15(19)17-20-7-10-24(17)4)18(26)14-11-21-16(22-14)13-5-8-23(3)9-6-13/h7,10-11,13,15H,5-6,8-9,12H2,1-4H3,(H,21,22). The van der Waals surface area contributed by atoms with E-state index in [1.165, 1.54) is 0 Å². The third-order valence-corrected chi connectivity index (χ3v) is 5.92. The molecule has 0 bridgehead atoms. The largest absolute Gasteiger partial charge is 0.338 e. The first-order valence-electron chi connectivity index (χ1n) is 9.38. The lowest BCUT2D eigenvalue weighted by molar-refractivity contribution is -0.0378. The number of aromatic nitrogens is 4. The Hall–Kier alpha value is -2.15. The average Bonchev–Trinajstić information content (AvgIpc) is 3.23. The van der Waals surface area contributed by atoms with E-state index < -0.39 is 0 Å². The molecule has 4 heterocycles. The van der Waals surface area contributed by atoms with Gasteiger partial charge in [0.25, 0.3) is 5.91 Å². The molecule has 26 heavy (non-hydrogen) atoms. The quantitative estimate of drug-likeness (QED) is 0.915. The zero-order valence-electron chi connectivity index (χ0n) is 16.1. The summed E-state index contributed by atoms with van der Waals surface area (Å²) in [5.41, 5.74) is 0.611. The summed E-state index contributed by atoms with van der Waals surface area (Å²) in [4.78, 5) is 29.7. The molecule has 1 N–H and O–H groups in total. The van der Waals surface area contributed by atoms with Gasteiger partial charge in [-0.3, -0.25) is 4.79 Å². The number of likely N-dealkylation sites (tertiary alicyclic amines) is 2. The fourth-order valence-corrected chi connectivity index (χ4v) is 4.33. The van der Waals surface area contributed by atoms with Gasteiger partial charge in [-0.1, -0.05) is 13.8 Å². The molecular formula is C19H28N6O. The molecule has 0 aromatic carbocycles. The minimum Gasteiger partial charge on any atom is -0.338 e. The first-order chi connectivity index (χ1) is 12.4. The third kappa shape index (κ3) is 2.84. The Kier molecular flexibility index (Phi) is 4.14. The highest BCUT2D eigenvalue weighted by atomic mass is 16.2. The normalized spacial score (nSPS) is 23.8. The van der Waals surface area contributed by atoms with Crippen LogP contribution in [0.1, 0.15) is 60.8 Å². The molecule has 0 aliphatic carbocycles. The van der Waals surface area contributed by atoms with Crippen LogP contribution in [0.25, 0.3) is 0 Å². The van der Waals surface area contributed by atoms with Gasteiger partial charge in [-0.05, 0) is 33.0 Å². The number of amides is 1. The van der Waals surface area contributed by atoms with Gasteiger partial charge in [0.15, 0.2) is 0 Å². The molecule has 2 saturated heterocycles. The molecule has 1 atom stereocenters. The summed E-state index contributed by atoms with van der Waals surface area (Å²) in [5, 5.41) is 0. The summed E-state index contributed by atoms with van der Waals surface area (Å²) in [5.74, 6) is 2.33. The van der Waals surface area contributed by atoms with E-state index in [-0.39, 0.29) is 17.4 Å². The predicted octanol–water partition coefficient (Wildman–Crippen LogP) is 2.18. The predicted molar refractivity (Wildman–Crippen MR) is 98.8 cm³/mol. The molecule has 2 fully saturated rings. The highest BCUT2D eigenvalue weighted by Crippen LogP contribution is 2.48. The van der Waals surface area contributed by atoms with E-state index >= 15 is 0 Å². The zero-order valence-corrected chi connectivity index (χ0v) is 16.1. The number of nitrogens with one attached hydrogen (secondary N) is 1. The van der Waals surface area contributed by atoms with Gasteiger partial charge in [0.2, 0.25) is 0 Å². The van der Waals surface area contributed by atoms with Gasteiger partial charge in [0.1, 0.15) is 17.3 Å². The first-order valence-corrected chi connectivity index (χ1v) is 9.38. The molecule has 2 aromatic rings. The van der Waals surface area contributed by atoms with Crippen molar-refractivity contribution in [2.24, 2.45) is 12.5 Å². The van der Waals surface area contributed by atoms with Gasteiger partial charge in [0.05, 0.1) is 12.2 Å². The number of aryl methyl sites for hydroxylation is 1. The molecule has 0 spiro atoms. The molecule has 1 unspecified atom stereocenters. The zero-order chi connectivity index (χ0) is 18.5. The van der Waals surface area contributed by atoms with Gasteiger partial charge in [-0.25, -0.2) is 9.97 Å². The molecule has 2 aliphatic heterocycles. The van der Waals surface area contributed by atoms with Crippen molar-refractivity contribution in [2.75, 3.05) is 26.7 Å². The molecular weight excluding hydrogens is 328 g/mol. The summed E-state index contributed by atoms with van der Waals surface area (Å²) in [6.45, 7) is 7.26. The SMILES string of the molecule is CN1CCC(c2ncc(C(=O)N3CC(C)(C)C3c3nccn3C)[nH]2)CC1. The number of piperidine rings is 1. The fraction of sp³-hybridized carbons (Fsp3) is 0.632. The van der Waals surface area contributed by atoms with Crippen LogP contribution in [0, 0.1) is 5.41 Å². The van der Waals surface area contributed by atoms with E-state index in [0.29, 0.717) is 11.6 Å². The second-order valence-corrected chi connectivity index (χ2v) is 8.48. The smallest absolute Gasteiger partial charge is 0.272 e. The monoisotopic (exact) mass is 356 g/mol. The Morgan fingerprint density at radius 1 is 1.23 bits per heavy atom.